The van der Waals surface area contributed by atoms with E-state index < -0.39 is 10.1 Å². The Labute approximate surface area is 113 Å². The van der Waals surface area contributed by atoms with Crippen molar-refractivity contribution < 1.29 is 17.8 Å². The molecule has 0 fully saturated rings. The van der Waals surface area contributed by atoms with Gasteiger partial charge in [0.15, 0.2) is 0 Å². The van der Waals surface area contributed by atoms with Gasteiger partial charge in [0.25, 0.3) is 10.1 Å². The second-order valence-electron chi connectivity index (χ2n) is 4.48. The molecule has 0 spiro atoms. The van der Waals surface area contributed by atoms with Crippen molar-refractivity contribution in [3.05, 3.63) is 42.0 Å². The van der Waals surface area contributed by atoms with E-state index >= 15 is 0 Å². The number of hydrogen-bond acceptors (Lipinski definition) is 3. The highest BCUT2D eigenvalue weighted by molar-refractivity contribution is 7.85. The minimum atomic E-state index is -4.16. The number of nitrogens with one attached hydrogen (secondary N) is 1. The monoisotopic (exact) mass is 283 g/mol. The largest absolute Gasteiger partial charge is 0.350 e. The number of hydrogen-bond donors (Lipinski definition) is 2. The summed E-state index contributed by atoms with van der Waals surface area (Å²) in [5.74, 6) is -0.206. The lowest BCUT2D eigenvalue weighted by Gasteiger charge is -2.14. The molecule has 2 N–H and O–H groups in total. The maximum atomic E-state index is 11.4. The summed E-state index contributed by atoms with van der Waals surface area (Å²) in [6.45, 7) is 7.02. The first-order valence-corrected chi connectivity index (χ1v) is 7.17. The normalized spacial score (nSPS) is 12.8. The van der Waals surface area contributed by atoms with Crippen molar-refractivity contribution >= 4 is 16.0 Å². The Balaban J connectivity index is 2.68. The van der Waals surface area contributed by atoms with Crippen molar-refractivity contribution in [3.8, 4) is 0 Å². The summed E-state index contributed by atoms with van der Waals surface area (Å²) in [7, 11) is -4.16. The van der Waals surface area contributed by atoms with E-state index in [1.807, 2.05) is 6.92 Å². The van der Waals surface area contributed by atoms with Crippen molar-refractivity contribution in [3.63, 3.8) is 0 Å². The van der Waals surface area contributed by atoms with Crippen LogP contribution in [0.3, 0.4) is 0 Å². The fourth-order valence-electron chi connectivity index (χ4n) is 1.55. The predicted octanol–water partition coefficient (Wildman–Crippen LogP) is 1.56. The number of amides is 1. The standard InChI is InChI=1S/C13H17NO4S/c1-9(2)13(15)14-10(3)8-11-4-6-12(7-5-11)19(16,17)18/h4-7,10H,1,8H2,2-3H3,(H,14,15)(H,16,17,18). The number of carbonyl (C=O) groups excluding carboxylic acids is 1. The summed E-state index contributed by atoms with van der Waals surface area (Å²) in [6, 6.07) is 5.77. The highest BCUT2D eigenvalue weighted by Gasteiger charge is 2.11. The molecule has 19 heavy (non-hydrogen) atoms. The molecule has 0 aliphatic carbocycles. The van der Waals surface area contributed by atoms with Gasteiger partial charge in [-0.3, -0.25) is 9.35 Å². The Bertz CT molecular complexity index is 575. The summed E-state index contributed by atoms with van der Waals surface area (Å²) in [4.78, 5) is 11.3. The maximum absolute atomic E-state index is 11.4. The molecule has 1 atom stereocenters. The lowest BCUT2D eigenvalue weighted by molar-refractivity contribution is -0.118. The zero-order valence-corrected chi connectivity index (χ0v) is 11.7. The molecule has 0 aliphatic heterocycles. The molecule has 0 aliphatic rings. The van der Waals surface area contributed by atoms with Crippen LogP contribution in [0.15, 0.2) is 41.3 Å². The van der Waals surface area contributed by atoms with E-state index in [0.29, 0.717) is 12.0 Å². The molecule has 0 aromatic heterocycles. The van der Waals surface area contributed by atoms with Gasteiger partial charge in [-0.15, -0.1) is 0 Å². The Morgan fingerprint density at radius 1 is 1.37 bits per heavy atom. The van der Waals surface area contributed by atoms with Gasteiger partial charge in [-0.25, -0.2) is 0 Å². The van der Waals surface area contributed by atoms with Gasteiger partial charge < -0.3 is 5.32 Å². The summed E-state index contributed by atoms with van der Waals surface area (Å²) < 4.78 is 30.6. The van der Waals surface area contributed by atoms with Crippen LogP contribution in [0, 0.1) is 0 Å². The highest BCUT2D eigenvalue weighted by atomic mass is 32.2. The van der Waals surface area contributed by atoms with Crippen molar-refractivity contribution in [1.82, 2.24) is 5.32 Å². The molecule has 1 aromatic carbocycles. The van der Waals surface area contributed by atoms with E-state index in [2.05, 4.69) is 11.9 Å². The zero-order chi connectivity index (χ0) is 14.6. The molecule has 1 aromatic rings. The quantitative estimate of drug-likeness (QED) is 0.634. The molecule has 5 nitrogen and oxygen atoms in total. The van der Waals surface area contributed by atoms with Crippen molar-refractivity contribution in [2.24, 2.45) is 0 Å². The third kappa shape index (κ3) is 4.84. The predicted molar refractivity (Wildman–Crippen MR) is 72.4 cm³/mol. The summed E-state index contributed by atoms with van der Waals surface area (Å²) in [5.41, 5.74) is 1.30. The number of benzene rings is 1. The Kier molecular flexibility index (Phi) is 4.85. The zero-order valence-electron chi connectivity index (χ0n) is 10.9. The Hall–Kier alpha value is -1.66. The minimum absolute atomic E-state index is 0.0965. The van der Waals surface area contributed by atoms with Crippen molar-refractivity contribution in [2.75, 3.05) is 0 Å². The molecule has 1 amide bonds. The molecule has 0 radical (unpaired) electrons. The minimum Gasteiger partial charge on any atom is -0.350 e. The van der Waals surface area contributed by atoms with E-state index in [9.17, 15) is 13.2 Å². The molecular formula is C13H17NO4S. The molecule has 6 heteroatoms. The smallest absolute Gasteiger partial charge is 0.294 e. The first-order chi connectivity index (χ1) is 8.70. The van der Waals surface area contributed by atoms with Gasteiger partial charge in [-0.1, -0.05) is 18.7 Å². The first-order valence-electron chi connectivity index (χ1n) is 5.73. The van der Waals surface area contributed by atoms with E-state index in [0.717, 1.165) is 5.56 Å². The van der Waals surface area contributed by atoms with Crippen LogP contribution < -0.4 is 5.32 Å². The Morgan fingerprint density at radius 2 is 1.89 bits per heavy atom. The molecule has 104 valence electrons. The molecule has 1 rings (SSSR count). The third-order valence-electron chi connectivity index (χ3n) is 2.53. The fraction of sp³-hybridized carbons (Fsp3) is 0.308. The molecular weight excluding hydrogens is 266 g/mol. The first kappa shape index (κ1) is 15.4. The Morgan fingerprint density at radius 3 is 2.32 bits per heavy atom. The van der Waals surface area contributed by atoms with Crippen LogP contribution >= 0.6 is 0 Å². The van der Waals surface area contributed by atoms with Crippen LogP contribution in [-0.2, 0) is 21.3 Å². The van der Waals surface area contributed by atoms with E-state index in [1.54, 1.807) is 19.1 Å². The van der Waals surface area contributed by atoms with Crippen LogP contribution in [0.4, 0.5) is 0 Å². The average molecular weight is 283 g/mol. The second kappa shape index (κ2) is 5.99. The summed E-state index contributed by atoms with van der Waals surface area (Å²) >= 11 is 0. The topological polar surface area (TPSA) is 83.5 Å². The molecule has 0 heterocycles. The van der Waals surface area contributed by atoms with E-state index in [4.69, 9.17) is 4.55 Å². The average Bonchev–Trinajstić information content (AvgIpc) is 2.28. The molecule has 0 bridgehead atoms. The van der Waals surface area contributed by atoms with E-state index in [-0.39, 0.29) is 16.8 Å². The lowest BCUT2D eigenvalue weighted by Crippen LogP contribution is -2.34. The lowest BCUT2D eigenvalue weighted by atomic mass is 10.1. The number of carbonyl (C=O) groups is 1. The van der Waals surface area contributed by atoms with Gasteiger partial charge in [0.2, 0.25) is 5.91 Å². The number of rotatable bonds is 5. The molecule has 1 unspecified atom stereocenters. The summed E-state index contributed by atoms with van der Waals surface area (Å²) in [6.07, 6.45) is 0.560. The van der Waals surface area contributed by atoms with Gasteiger partial charge >= 0.3 is 0 Å². The van der Waals surface area contributed by atoms with Gasteiger partial charge in [0, 0.05) is 11.6 Å². The van der Waals surface area contributed by atoms with Crippen molar-refractivity contribution in [1.29, 1.82) is 0 Å². The van der Waals surface area contributed by atoms with Gasteiger partial charge in [-0.05, 0) is 38.0 Å². The molecule has 0 saturated carbocycles. The highest BCUT2D eigenvalue weighted by Crippen LogP contribution is 2.11. The third-order valence-corrected chi connectivity index (χ3v) is 3.40. The van der Waals surface area contributed by atoms with Crippen molar-refractivity contribution in [2.45, 2.75) is 31.2 Å². The van der Waals surface area contributed by atoms with Crippen LogP contribution in [-0.4, -0.2) is 24.9 Å². The second-order valence-corrected chi connectivity index (χ2v) is 5.90. The van der Waals surface area contributed by atoms with Crippen LogP contribution in [0.2, 0.25) is 0 Å². The van der Waals surface area contributed by atoms with Crippen LogP contribution in [0.5, 0.6) is 0 Å². The van der Waals surface area contributed by atoms with Crippen LogP contribution in [0.1, 0.15) is 19.4 Å². The van der Waals surface area contributed by atoms with Crippen LogP contribution in [0.25, 0.3) is 0 Å². The van der Waals surface area contributed by atoms with Gasteiger partial charge in [0.1, 0.15) is 0 Å². The maximum Gasteiger partial charge on any atom is 0.294 e. The fourth-order valence-corrected chi connectivity index (χ4v) is 2.03. The van der Waals surface area contributed by atoms with E-state index in [1.165, 1.54) is 12.1 Å². The SMILES string of the molecule is C=C(C)C(=O)NC(C)Cc1ccc(S(=O)(=O)O)cc1. The van der Waals surface area contributed by atoms with Gasteiger partial charge in [0.05, 0.1) is 4.90 Å². The van der Waals surface area contributed by atoms with Gasteiger partial charge in [-0.2, -0.15) is 8.42 Å². The molecule has 0 saturated heterocycles. The summed E-state index contributed by atoms with van der Waals surface area (Å²) in [5, 5.41) is 2.77.